The van der Waals surface area contributed by atoms with Gasteiger partial charge in [-0.1, -0.05) is 0 Å². The van der Waals surface area contributed by atoms with Gasteiger partial charge >= 0.3 is 37.7 Å². The van der Waals surface area contributed by atoms with Crippen LogP contribution >= 0.6 is 0 Å². The molecular formula is C6H10Li2O10S2. The molecule has 0 spiro atoms. The topological polar surface area (TPSA) is 189 Å². The van der Waals surface area contributed by atoms with Gasteiger partial charge in [0.15, 0.2) is 0 Å². The summed E-state index contributed by atoms with van der Waals surface area (Å²) in [7, 11) is -8.28. The zero-order valence-electron chi connectivity index (χ0n) is 10.8. The first kappa shape index (κ1) is 28.2. The number of hydrogen-bond acceptors (Lipinski definition) is 8. The van der Waals surface area contributed by atoms with Crippen molar-refractivity contribution < 1.29 is 83.5 Å². The van der Waals surface area contributed by atoms with Crippen molar-refractivity contribution in [3.63, 3.8) is 0 Å². The fraction of sp³-hybridized carbons (Fsp3) is 0.667. The van der Waals surface area contributed by atoms with Crippen LogP contribution in [0.5, 0.6) is 0 Å². The summed E-state index contributed by atoms with van der Waals surface area (Å²) in [5.74, 6) is -4.55. The number of rotatable bonds is 6. The Morgan fingerprint density at radius 2 is 0.950 bits per heavy atom. The van der Waals surface area contributed by atoms with Gasteiger partial charge in [0, 0.05) is 24.8 Å². The number of carboxylic acids is 2. The summed E-state index contributed by atoms with van der Waals surface area (Å²) in [6.07, 6.45) is -1.34. The standard InChI is InChI=1S/2C3H6O5S.2Li/c2*4-3(5)1-2-9(6,7)8;;/h2*1-2H2,(H,4,5)(H,6,7,8);;/q;;2*+1/p-2. The van der Waals surface area contributed by atoms with Crippen LogP contribution in [0.2, 0.25) is 0 Å². The second kappa shape index (κ2) is 12.7. The fourth-order valence-electron chi connectivity index (χ4n) is 0.425. The van der Waals surface area contributed by atoms with Crippen LogP contribution < -0.4 is 47.9 Å². The van der Waals surface area contributed by atoms with Gasteiger partial charge in [0.2, 0.25) is 0 Å². The Morgan fingerprint density at radius 3 is 1.00 bits per heavy atom. The van der Waals surface area contributed by atoms with Crippen molar-refractivity contribution in [3.8, 4) is 0 Å². The van der Waals surface area contributed by atoms with E-state index in [1.807, 2.05) is 0 Å². The zero-order chi connectivity index (χ0) is 15.0. The Bertz CT molecular complexity index is 436. The molecule has 14 heteroatoms. The molecular weight excluding hydrogens is 310 g/mol. The van der Waals surface area contributed by atoms with Crippen LogP contribution in [0.15, 0.2) is 0 Å². The maximum atomic E-state index is 9.80. The third-order valence-electron chi connectivity index (χ3n) is 1.13. The second-order valence-electron chi connectivity index (χ2n) is 2.82. The Hall–Kier alpha value is -0.0452. The first-order valence-corrected chi connectivity index (χ1v) is 7.35. The molecule has 10 nitrogen and oxygen atoms in total. The van der Waals surface area contributed by atoms with E-state index in [1.165, 1.54) is 0 Å². The summed E-state index contributed by atoms with van der Waals surface area (Å²) in [6, 6.07) is 0. The smallest absolute Gasteiger partial charge is 0.550 e. The second-order valence-corrected chi connectivity index (χ2v) is 5.96. The van der Waals surface area contributed by atoms with Crippen molar-refractivity contribution >= 4 is 32.2 Å². The summed E-state index contributed by atoms with van der Waals surface area (Å²) in [5, 5.41) is 19.1. The molecule has 0 aromatic rings. The molecule has 2 N–H and O–H groups in total. The van der Waals surface area contributed by atoms with Crippen LogP contribution in [-0.4, -0.2) is 49.4 Å². The van der Waals surface area contributed by atoms with E-state index in [-0.39, 0.29) is 37.7 Å². The molecule has 0 amide bonds. The molecule has 0 aliphatic carbocycles. The van der Waals surface area contributed by atoms with Gasteiger partial charge in [0.05, 0.1) is 11.5 Å². The van der Waals surface area contributed by atoms with E-state index in [2.05, 4.69) is 0 Å². The molecule has 0 unspecified atom stereocenters. The molecule has 0 aliphatic rings. The van der Waals surface area contributed by atoms with Crippen LogP contribution in [0.3, 0.4) is 0 Å². The Labute approximate surface area is 139 Å². The van der Waals surface area contributed by atoms with Crippen LogP contribution in [-0.2, 0) is 29.8 Å². The largest absolute Gasteiger partial charge is 1.00 e. The average Bonchev–Trinajstić information content (AvgIpc) is 2.10. The predicted octanol–water partition coefficient (Wildman–Crippen LogP) is -9.96. The number of aliphatic carboxylic acids is 2. The van der Waals surface area contributed by atoms with Crippen molar-refractivity contribution in [1.29, 1.82) is 0 Å². The summed E-state index contributed by atoms with van der Waals surface area (Å²) < 4.78 is 55.1. The maximum absolute atomic E-state index is 9.80. The predicted molar refractivity (Wildman–Crippen MR) is 52.1 cm³/mol. The van der Waals surface area contributed by atoms with Gasteiger partial charge in [-0.3, -0.25) is 9.11 Å². The molecule has 0 aliphatic heterocycles. The molecule has 20 heavy (non-hydrogen) atoms. The summed E-state index contributed by atoms with van der Waals surface area (Å²) in [6.45, 7) is 0. The van der Waals surface area contributed by atoms with E-state index >= 15 is 0 Å². The summed E-state index contributed by atoms with van der Waals surface area (Å²) in [4.78, 5) is 19.1. The molecule has 0 bridgehead atoms. The Balaban J connectivity index is -0.000000116. The molecule has 0 rings (SSSR count). The van der Waals surface area contributed by atoms with E-state index in [1.54, 1.807) is 0 Å². The van der Waals surface area contributed by atoms with Crippen molar-refractivity contribution in [2.45, 2.75) is 12.8 Å². The van der Waals surface area contributed by atoms with E-state index in [0.717, 1.165) is 0 Å². The third kappa shape index (κ3) is 36.1. The van der Waals surface area contributed by atoms with Gasteiger partial charge in [0.1, 0.15) is 0 Å². The molecule has 0 heterocycles. The first-order valence-electron chi connectivity index (χ1n) is 4.13. The Kier molecular flexibility index (Phi) is 17.9. The van der Waals surface area contributed by atoms with Crippen molar-refractivity contribution in [2.24, 2.45) is 0 Å². The van der Waals surface area contributed by atoms with Crippen LogP contribution in [0, 0.1) is 0 Å². The molecule has 0 fully saturated rings. The van der Waals surface area contributed by atoms with Crippen LogP contribution in [0.25, 0.3) is 0 Å². The van der Waals surface area contributed by atoms with Gasteiger partial charge in [-0.05, 0) is 0 Å². The number of carboxylic acid groups (broad SMARTS) is 2. The first-order chi connectivity index (χ1) is 7.83. The number of carbonyl (C=O) groups is 2. The molecule has 0 atom stereocenters. The van der Waals surface area contributed by atoms with Crippen LogP contribution in [0.1, 0.15) is 12.8 Å². The zero-order valence-corrected chi connectivity index (χ0v) is 12.4. The summed E-state index contributed by atoms with van der Waals surface area (Å²) in [5.41, 5.74) is 0. The van der Waals surface area contributed by atoms with E-state index in [9.17, 15) is 36.6 Å². The van der Waals surface area contributed by atoms with Gasteiger partial charge < -0.3 is 19.8 Å². The number of carbonyl (C=O) groups excluding carboxylic acids is 2. The monoisotopic (exact) mass is 320 g/mol. The Morgan fingerprint density at radius 1 is 0.750 bits per heavy atom. The van der Waals surface area contributed by atoms with Crippen LogP contribution in [0.4, 0.5) is 0 Å². The van der Waals surface area contributed by atoms with Gasteiger partial charge in [-0.2, -0.15) is 16.8 Å². The summed E-state index contributed by atoms with van der Waals surface area (Å²) >= 11 is 0. The molecule has 0 saturated carbocycles. The minimum atomic E-state index is -4.14. The quantitative estimate of drug-likeness (QED) is 0.351. The molecule has 0 aromatic carbocycles. The molecule has 0 aromatic heterocycles. The van der Waals surface area contributed by atoms with E-state index in [4.69, 9.17) is 9.11 Å². The fourth-order valence-corrected chi connectivity index (χ4v) is 1.27. The van der Waals surface area contributed by atoms with Gasteiger partial charge in [-0.15, -0.1) is 0 Å². The van der Waals surface area contributed by atoms with Crippen molar-refractivity contribution in [3.05, 3.63) is 0 Å². The average molecular weight is 320 g/mol. The minimum absolute atomic E-state index is 0. The molecule has 0 radical (unpaired) electrons. The van der Waals surface area contributed by atoms with Crippen molar-refractivity contribution in [1.82, 2.24) is 0 Å². The minimum Gasteiger partial charge on any atom is -0.550 e. The van der Waals surface area contributed by atoms with Crippen molar-refractivity contribution in [2.75, 3.05) is 11.5 Å². The normalized spacial score (nSPS) is 10.1. The third-order valence-corrected chi connectivity index (χ3v) is 2.57. The van der Waals surface area contributed by atoms with Gasteiger partial charge in [-0.25, -0.2) is 0 Å². The maximum Gasteiger partial charge on any atom is 1.00 e. The molecule has 0 saturated heterocycles. The van der Waals surface area contributed by atoms with E-state index < -0.39 is 56.5 Å². The molecule has 108 valence electrons. The van der Waals surface area contributed by atoms with Gasteiger partial charge in [0.25, 0.3) is 20.2 Å². The number of hydrogen-bond donors (Lipinski definition) is 2. The van der Waals surface area contributed by atoms with E-state index in [0.29, 0.717) is 0 Å². The SMILES string of the molecule is O=C([O-])CCS(=O)(=O)O.O=C([O-])CCS(=O)(=O)O.[Li+].[Li+].